The predicted molar refractivity (Wildman–Crippen MR) is 122 cm³/mol. The summed E-state index contributed by atoms with van der Waals surface area (Å²) in [4.78, 5) is 12.9. The maximum absolute atomic E-state index is 13.7. The van der Waals surface area contributed by atoms with E-state index in [0.717, 1.165) is 24.2 Å². The molecule has 1 aliphatic heterocycles. The zero-order valence-electron chi connectivity index (χ0n) is 18.3. The Hall–Kier alpha value is -3.26. The molecule has 0 radical (unpaired) electrons. The molecule has 0 bridgehead atoms. The van der Waals surface area contributed by atoms with E-state index in [2.05, 4.69) is 5.32 Å². The normalized spacial score (nSPS) is 14.5. The molecule has 1 unspecified atom stereocenters. The Labute approximate surface area is 188 Å². The number of anilines is 1. The first kappa shape index (κ1) is 22.0. The number of benzene rings is 2. The van der Waals surface area contributed by atoms with E-state index in [1.165, 1.54) is 23.5 Å². The van der Waals surface area contributed by atoms with Gasteiger partial charge in [0.2, 0.25) is 0 Å². The highest BCUT2D eigenvalue weighted by atomic mass is 32.2. The Morgan fingerprint density at radius 1 is 1.16 bits per heavy atom. The van der Waals surface area contributed by atoms with E-state index >= 15 is 0 Å². The average molecular weight is 455 g/mol. The van der Waals surface area contributed by atoms with Crippen molar-refractivity contribution in [3.8, 4) is 5.75 Å². The van der Waals surface area contributed by atoms with Gasteiger partial charge in [0.05, 0.1) is 18.8 Å². The van der Waals surface area contributed by atoms with Crippen molar-refractivity contribution in [2.45, 2.75) is 37.6 Å². The maximum atomic E-state index is 13.7. The van der Waals surface area contributed by atoms with Crippen LogP contribution in [0.5, 0.6) is 5.75 Å². The standard InChI is InChI=1S/C24H26N2O5S/c1-16-10-12-21(31-16)17(2)25-24(27)19-11-13-22(30-3)23(15-19)32(28,29)26-14-6-8-18-7-4-5-9-20(18)26/h4-5,7,9-13,15,17H,6,8,14H2,1-3H3,(H,25,27). The van der Waals surface area contributed by atoms with Gasteiger partial charge in [-0.3, -0.25) is 9.10 Å². The van der Waals surface area contributed by atoms with Crippen LogP contribution in [0.25, 0.3) is 0 Å². The molecule has 7 nitrogen and oxygen atoms in total. The Balaban J connectivity index is 1.67. The topological polar surface area (TPSA) is 88.8 Å². The molecule has 8 heteroatoms. The third-order valence-electron chi connectivity index (χ3n) is 5.60. The molecule has 0 saturated carbocycles. The van der Waals surface area contributed by atoms with Crippen molar-refractivity contribution in [2.24, 2.45) is 0 Å². The van der Waals surface area contributed by atoms with Gasteiger partial charge < -0.3 is 14.5 Å². The summed E-state index contributed by atoms with van der Waals surface area (Å²) in [5.41, 5.74) is 1.88. The van der Waals surface area contributed by atoms with E-state index < -0.39 is 15.9 Å². The molecule has 1 aromatic heterocycles. The molecular weight excluding hydrogens is 428 g/mol. The van der Waals surface area contributed by atoms with Gasteiger partial charge >= 0.3 is 0 Å². The van der Waals surface area contributed by atoms with Gasteiger partial charge in [0.1, 0.15) is 22.2 Å². The molecule has 3 aromatic rings. The third-order valence-corrected chi connectivity index (χ3v) is 7.43. The highest BCUT2D eigenvalue weighted by Crippen LogP contribution is 2.35. The van der Waals surface area contributed by atoms with Crippen molar-refractivity contribution in [3.63, 3.8) is 0 Å². The van der Waals surface area contributed by atoms with Gasteiger partial charge in [-0.05, 0) is 68.7 Å². The van der Waals surface area contributed by atoms with E-state index in [1.54, 1.807) is 12.1 Å². The fourth-order valence-electron chi connectivity index (χ4n) is 3.92. The molecule has 0 saturated heterocycles. The molecule has 168 valence electrons. The lowest BCUT2D eigenvalue weighted by Crippen LogP contribution is -2.36. The van der Waals surface area contributed by atoms with Gasteiger partial charge in [-0.15, -0.1) is 0 Å². The highest BCUT2D eigenvalue weighted by molar-refractivity contribution is 7.93. The number of amides is 1. The number of nitrogens with one attached hydrogen (secondary N) is 1. The molecule has 4 rings (SSSR count). The predicted octanol–water partition coefficient (Wildman–Crippen LogP) is 4.23. The van der Waals surface area contributed by atoms with Gasteiger partial charge in [-0.2, -0.15) is 0 Å². The molecule has 1 N–H and O–H groups in total. The SMILES string of the molecule is COc1ccc(C(=O)NC(C)c2ccc(C)o2)cc1S(=O)(=O)N1CCCc2ccccc21. The monoisotopic (exact) mass is 454 g/mol. The number of hydrogen-bond acceptors (Lipinski definition) is 5. The Morgan fingerprint density at radius 3 is 2.66 bits per heavy atom. The van der Waals surface area contributed by atoms with Gasteiger partial charge in [0.15, 0.2) is 0 Å². The molecule has 0 fully saturated rings. The Kier molecular flexibility index (Phi) is 5.97. The number of rotatable bonds is 6. The third kappa shape index (κ3) is 4.10. The first-order valence-electron chi connectivity index (χ1n) is 10.5. The highest BCUT2D eigenvalue weighted by Gasteiger charge is 2.32. The van der Waals surface area contributed by atoms with Crippen LogP contribution in [0.15, 0.2) is 63.9 Å². The minimum atomic E-state index is -3.94. The van der Waals surface area contributed by atoms with E-state index in [9.17, 15) is 13.2 Å². The largest absolute Gasteiger partial charge is 0.495 e. The zero-order chi connectivity index (χ0) is 22.9. The summed E-state index contributed by atoms with van der Waals surface area (Å²) < 4.78 is 39.6. The van der Waals surface area contributed by atoms with Crippen LogP contribution in [0.1, 0.15) is 46.8 Å². The second kappa shape index (κ2) is 8.70. The number of sulfonamides is 1. The van der Waals surface area contributed by atoms with Crippen LogP contribution in [-0.4, -0.2) is 28.0 Å². The number of nitrogens with zero attached hydrogens (tertiary/aromatic N) is 1. The summed E-state index contributed by atoms with van der Waals surface area (Å²) in [6.07, 6.45) is 1.55. The Bertz CT molecular complexity index is 1250. The van der Waals surface area contributed by atoms with Crippen molar-refractivity contribution < 1.29 is 22.4 Å². The van der Waals surface area contributed by atoms with Crippen LogP contribution >= 0.6 is 0 Å². The van der Waals surface area contributed by atoms with Gasteiger partial charge in [-0.1, -0.05) is 18.2 Å². The number of carbonyl (C=O) groups excluding carboxylic acids is 1. The number of aryl methyl sites for hydroxylation is 2. The first-order valence-corrected chi connectivity index (χ1v) is 11.9. The molecule has 32 heavy (non-hydrogen) atoms. The Morgan fingerprint density at radius 2 is 1.94 bits per heavy atom. The number of furan rings is 1. The smallest absolute Gasteiger partial charge is 0.268 e. The molecule has 1 amide bonds. The molecular formula is C24H26N2O5S. The molecule has 0 spiro atoms. The van der Waals surface area contributed by atoms with Crippen LogP contribution in [0, 0.1) is 6.92 Å². The van der Waals surface area contributed by atoms with Crippen LogP contribution in [0.4, 0.5) is 5.69 Å². The summed E-state index contributed by atoms with van der Waals surface area (Å²) in [5.74, 6) is 1.17. The van der Waals surface area contributed by atoms with Crippen molar-refractivity contribution in [1.29, 1.82) is 0 Å². The lowest BCUT2D eigenvalue weighted by molar-refractivity contribution is 0.0935. The molecule has 2 heterocycles. The van der Waals surface area contributed by atoms with Crippen molar-refractivity contribution in [1.82, 2.24) is 5.32 Å². The maximum Gasteiger partial charge on any atom is 0.268 e. The fraction of sp³-hybridized carbons (Fsp3) is 0.292. The van der Waals surface area contributed by atoms with Crippen LogP contribution in [-0.2, 0) is 16.4 Å². The molecule has 1 atom stereocenters. The second-order valence-corrected chi connectivity index (χ2v) is 9.65. The van der Waals surface area contributed by atoms with Crippen molar-refractivity contribution >= 4 is 21.6 Å². The molecule has 2 aromatic carbocycles. The zero-order valence-corrected chi connectivity index (χ0v) is 19.1. The summed E-state index contributed by atoms with van der Waals surface area (Å²) in [7, 11) is -2.53. The van der Waals surface area contributed by atoms with Crippen molar-refractivity contribution in [3.05, 3.63) is 77.2 Å². The fourth-order valence-corrected chi connectivity index (χ4v) is 5.65. The minimum absolute atomic E-state index is 0.0363. The van der Waals surface area contributed by atoms with Gasteiger partial charge in [0.25, 0.3) is 15.9 Å². The molecule has 0 aliphatic carbocycles. The number of methoxy groups -OCH3 is 1. The number of fused-ring (bicyclic) bond motifs is 1. The summed E-state index contributed by atoms with van der Waals surface area (Å²) in [5, 5.41) is 2.86. The summed E-state index contributed by atoms with van der Waals surface area (Å²) in [6, 6.07) is 15.2. The number of carbonyl (C=O) groups is 1. The van der Waals surface area contributed by atoms with Crippen molar-refractivity contribution in [2.75, 3.05) is 18.0 Å². The van der Waals surface area contributed by atoms with Gasteiger partial charge in [0, 0.05) is 12.1 Å². The number of ether oxygens (including phenoxy) is 1. The minimum Gasteiger partial charge on any atom is -0.495 e. The van der Waals surface area contributed by atoms with Crippen LogP contribution in [0.2, 0.25) is 0 Å². The lowest BCUT2D eigenvalue weighted by atomic mass is 10.0. The van der Waals surface area contributed by atoms with E-state index in [-0.39, 0.29) is 22.3 Å². The van der Waals surface area contributed by atoms with Gasteiger partial charge in [-0.25, -0.2) is 8.42 Å². The first-order chi connectivity index (χ1) is 15.3. The average Bonchev–Trinajstić information content (AvgIpc) is 3.24. The second-order valence-electron chi connectivity index (χ2n) is 7.82. The van der Waals surface area contributed by atoms with E-state index in [0.29, 0.717) is 18.0 Å². The van der Waals surface area contributed by atoms with E-state index in [1.807, 2.05) is 44.2 Å². The van der Waals surface area contributed by atoms with Crippen LogP contribution in [0.3, 0.4) is 0 Å². The number of para-hydroxylation sites is 1. The quantitative estimate of drug-likeness (QED) is 0.602. The lowest BCUT2D eigenvalue weighted by Gasteiger charge is -2.31. The van der Waals surface area contributed by atoms with Crippen LogP contribution < -0.4 is 14.4 Å². The van der Waals surface area contributed by atoms with E-state index in [4.69, 9.17) is 9.15 Å². The summed E-state index contributed by atoms with van der Waals surface area (Å²) in [6.45, 7) is 4.01. The number of hydrogen-bond donors (Lipinski definition) is 1. The molecule has 1 aliphatic rings. The summed E-state index contributed by atoms with van der Waals surface area (Å²) >= 11 is 0.